The lowest BCUT2D eigenvalue weighted by atomic mass is 10.1. The van der Waals surface area contributed by atoms with Gasteiger partial charge in [0.2, 0.25) is 0 Å². The molecule has 27 heavy (non-hydrogen) atoms. The Labute approximate surface area is 160 Å². The third kappa shape index (κ3) is 4.10. The number of para-hydroxylation sites is 2. The largest absolute Gasteiger partial charge is 0.497 e. The molecule has 0 aliphatic carbocycles. The molecule has 144 valence electrons. The smallest absolute Gasteiger partial charge is 0.257 e. The molecule has 0 radical (unpaired) electrons. The van der Waals surface area contributed by atoms with Gasteiger partial charge in [-0.25, -0.2) is 0 Å². The molecule has 6 nitrogen and oxygen atoms in total. The average molecular weight is 370 g/mol. The Hall–Kier alpha value is -2.89. The first-order chi connectivity index (χ1) is 13.2. The summed E-state index contributed by atoms with van der Waals surface area (Å²) in [6, 6.07) is 13.3. The Bertz CT molecular complexity index is 786. The Morgan fingerprint density at radius 2 is 1.70 bits per heavy atom. The first-order valence-electron chi connectivity index (χ1n) is 9.16. The molecule has 1 amide bonds. The van der Waals surface area contributed by atoms with Crippen molar-refractivity contribution in [1.82, 2.24) is 4.90 Å². The van der Waals surface area contributed by atoms with Gasteiger partial charge in [0.15, 0.2) is 0 Å². The van der Waals surface area contributed by atoms with Crippen LogP contribution in [0.4, 0.5) is 5.69 Å². The summed E-state index contributed by atoms with van der Waals surface area (Å²) in [6.45, 7) is 5.39. The van der Waals surface area contributed by atoms with Crippen LogP contribution in [0, 0.1) is 0 Å². The van der Waals surface area contributed by atoms with Crippen LogP contribution in [0.2, 0.25) is 0 Å². The van der Waals surface area contributed by atoms with E-state index in [4.69, 9.17) is 14.2 Å². The molecule has 6 heteroatoms. The number of carbonyl (C=O) groups excluding carboxylic acids is 1. The molecule has 0 spiro atoms. The summed E-state index contributed by atoms with van der Waals surface area (Å²) in [4.78, 5) is 17.1. The number of anilines is 1. The van der Waals surface area contributed by atoms with Gasteiger partial charge in [-0.05, 0) is 37.3 Å². The maximum Gasteiger partial charge on any atom is 0.257 e. The van der Waals surface area contributed by atoms with E-state index in [0.29, 0.717) is 36.8 Å². The molecule has 2 aromatic carbocycles. The van der Waals surface area contributed by atoms with Crippen LogP contribution in [0.15, 0.2) is 42.5 Å². The summed E-state index contributed by atoms with van der Waals surface area (Å²) in [6.07, 6.45) is 0. The van der Waals surface area contributed by atoms with Crippen molar-refractivity contribution in [3.8, 4) is 17.2 Å². The van der Waals surface area contributed by atoms with Gasteiger partial charge in [-0.2, -0.15) is 0 Å². The maximum atomic E-state index is 13.0. The normalized spacial score (nSPS) is 14.0. The first-order valence-corrected chi connectivity index (χ1v) is 9.16. The van der Waals surface area contributed by atoms with Crippen molar-refractivity contribution < 1.29 is 19.0 Å². The molecule has 0 atom stereocenters. The fraction of sp³-hybridized carbons (Fsp3) is 0.381. The number of amides is 1. The molecule has 0 bridgehead atoms. The van der Waals surface area contributed by atoms with E-state index in [2.05, 4.69) is 11.0 Å². The highest BCUT2D eigenvalue weighted by Crippen LogP contribution is 2.30. The van der Waals surface area contributed by atoms with Crippen LogP contribution in [0.1, 0.15) is 17.3 Å². The molecule has 0 aromatic heterocycles. The van der Waals surface area contributed by atoms with Crippen molar-refractivity contribution in [2.24, 2.45) is 0 Å². The number of methoxy groups -OCH3 is 2. The Balaban J connectivity index is 1.72. The summed E-state index contributed by atoms with van der Waals surface area (Å²) in [5.74, 6) is 2.05. The molecule has 3 rings (SSSR count). The molecule has 1 heterocycles. The van der Waals surface area contributed by atoms with E-state index in [-0.39, 0.29) is 5.91 Å². The highest BCUT2D eigenvalue weighted by molar-refractivity contribution is 5.97. The van der Waals surface area contributed by atoms with Gasteiger partial charge >= 0.3 is 0 Å². The van der Waals surface area contributed by atoms with Crippen molar-refractivity contribution in [3.63, 3.8) is 0 Å². The van der Waals surface area contributed by atoms with Crippen LogP contribution in [0.25, 0.3) is 0 Å². The Kier molecular flexibility index (Phi) is 6.06. The predicted octanol–water partition coefficient (Wildman–Crippen LogP) is 3.06. The molecule has 1 fully saturated rings. The van der Waals surface area contributed by atoms with Crippen molar-refractivity contribution in [2.45, 2.75) is 6.92 Å². The van der Waals surface area contributed by atoms with Gasteiger partial charge in [0.1, 0.15) is 17.2 Å². The molecule has 2 aromatic rings. The average Bonchev–Trinajstić information content (AvgIpc) is 2.73. The Morgan fingerprint density at radius 1 is 0.963 bits per heavy atom. The molecule has 0 unspecified atom stereocenters. The Morgan fingerprint density at radius 3 is 2.37 bits per heavy atom. The standard InChI is InChI=1S/C21H26N2O4/c1-4-27-20-8-6-5-7-18(20)22-11-13-23(14-12-22)21(24)17-15-16(25-2)9-10-19(17)26-3/h5-10,15H,4,11-14H2,1-3H3. The quantitative estimate of drug-likeness (QED) is 0.782. The summed E-state index contributed by atoms with van der Waals surface area (Å²) < 4.78 is 16.4. The minimum Gasteiger partial charge on any atom is -0.497 e. The van der Waals surface area contributed by atoms with Crippen molar-refractivity contribution in [3.05, 3.63) is 48.0 Å². The zero-order valence-electron chi connectivity index (χ0n) is 16.1. The SMILES string of the molecule is CCOc1ccccc1N1CCN(C(=O)c2cc(OC)ccc2OC)CC1. The zero-order chi connectivity index (χ0) is 19.2. The van der Waals surface area contributed by atoms with Gasteiger partial charge < -0.3 is 24.0 Å². The fourth-order valence-corrected chi connectivity index (χ4v) is 3.30. The minimum absolute atomic E-state index is 0.0384. The maximum absolute atomic E-state index is 13.0. The number of benzene rings is 2. The summed E-state index contributed by atoms with van der Waals surface area (Å²) in [7, 11) is 3.16. The van der Waals surface area contributed by atoms with Gasteiger partial charge in [0.25, 0.3) is 5.91 Å². The summed E-state index contributed by atoms with van der Waals surface area (Å²) >= 11 is 0. The molecule has 1 saturated heterocycles. The van der Waals surface area contributed by atoms with E-state index in [9.17, 15) is 4.79 Å². The fourth-order valence-electron chi connectivity index (χ4n) is 3.30. The molecular formula is C21H26N2O4. The van der Waals surface area contributed by atoms with Gasteiger partial charge in [-0.3, -0.25) is 4.79 Å². The first kappa shape index (κ1) is 18.9. The van der Waals surface area contributed by atoms with Gasteiger partial charge in [0.05, 0.1) is 32.1 Å². The van der Waals surface area contributed by atoms with Gasteiger partial charge in [-0.1, -0.05) is 12.1 Å². The minimum atomic E-state index is -0.0384. The number of piperazine rings is 1. The van der Waals surface area contributed by atoms with E-state index in [0.717, 1.165) is 24.5 Å². The third-order valence-corrected chi connectivity index (χ3v) is 4.71. The number of nitrogens with zero attached hydrogens (tertiary/aromatic N) is 2. The van der Waals surface area contributed by atoms with E-state index in [1.165, 1.54) is 0 Å². The van der Waals surface area contributed by atoms with E-state index >= 15 is 0 Å². The van der Waals surface area contributed by atoms with E-state index in [1.807, 2.05) is 30.0 Å². The second kappa shape index (κ2) is 8.66. The summed E-state index contributed by atoms with van der Waals surface area (Å²) in [5.41, 5.74) is 1.60. The van der Waals surface area contributed by atoms with Crippen LogP contribution in [0.3, 0.4) is 0 Å². The van der Waals surface area contributed by atoms with Crippen LogP contribution in [-0.2, 0) is 0 Å². The van der Waals surface area contributed by atoms with E-state index < -0.39 is 0 Å². The van der Waals surface area contributed by atoms with Crippen molar-refractivity contribution in [1.29, 1.82) is 0 Å². The monoisotopic (exact) mass is 370 g/mol. The number of carbonyl (C=O) groups is 1. The lowest BCUT2D eigenvalue weighted by Crippen LogP contribution is -2.49. The molecule has 0 N–H and O–H groups in total. The van der Waals surface area contributed by atoms with Crippen LogP contribution >= 0.6 is 0 Å². The molecular weight excluding hydrogens is 344 g/mol. The number of hydrogen-bond acceptors (Lipinski definition) is 5. The van der Waals surface area contributed by atoms with Gasteiger partial charge in [0, 0.05) is 26.2 Å². The predicted molar refractivity (Wildman–Crippen MR) is 105 cm³/mol. The number of hydrogen-bond donors (Lipinski definition) is 0. The topological polar surface area (TPSA) is 51.2 Å². The van der Waals surface area contributed by atoms with Crippen molar-refractivity contribution in [2.75, 3.05) is 51.9 Å². The highest BCUT2D eigenvalue weighted by Gasteiger charge is 2.26. The highest BCUT2D eigenvalue weighted by atomic mass is 16.5. The number of ether oxygens (including phenoxy) is 3. The zero-order valence-corrected chi connectivity index (χ0v) is 16.1. The number of rotatable bonds is 6. The lowest BCUT2D eigenvalue weighted by Gasteiger charge is -2.36. The van der Waals surface area contributed by atoms with Crippen LogP contribution in [-0.4, -0.2) is 57.8 Å². The van der Waals surface area contributed by atoms with Gasteiger partial charge in [-0.15, -0.1) is 0 Å². The molecule has 0 saturated carbocycles. The lowest BCUT2D eigenvalue weighted by molar-refractivity contribution is 0.0743. The van der Waals surface area contributed by atoms with Crippen LogP contribution in [0.5, 0.6) is 17.2 Å². The summed E-state index contributed by atoms with van der Waals surface area (Å²) in [5, 5.41) is 0. The second-order valence-corrected chi connectivity index (χ2v) is 6.25. The molecule has 1 aliphatic rings. The molecule has 1 aliphatic heterocycles. The third-order valence-electron chi connectivity index (χ3n) is 4.71. The van der Waals surface area contributed by atoms with Crippen molar-refractivity contribution >= 4 is 11.6 Å². The van der Waals surface area contributed by atoms with E-state index in [1.54, 1.807) is 32.4 Å². The van der Waals surface area contributed by atoms with Crippen LogP contribution < -0.4 is 19.1 Å². The second-order valence-electron chi connectivity index (χ2n) is 6.25.